The molecule has 118 valence electrons. The van der Waals surface area contributed by atoms with Crippen molar-refractivity contribution in [3.63, 3.8) is 0 Å². The van der Waals surface area contributed by atoms with Gasteiger partial charge < -0.3 is 10.6 Å². The van der Waals surface area contributed by atoms with Crippen molar-refractivity contribution in [1.29, 1.82) is 0 Å². The first-order chi connectivity index (χ1) is 10.1. The van der Waals surface area contributed by atoms with Crippen LogP contribution in [0.1, 0.15) is 57.6 Å². The van der Waals surface area contributed by atoms with Gasteiger partial charge in [-0.05, 0) is 67.8 Å². The number of anilines is 1. The van der Waals surface area contributed by atoms with E-state index in [1.165, 1.54) is 48.9 Å². The predicted molar refractivity (Wildman–Crippen MR) is 93.2 cm³/mol. The first kappa shape index (κ1) is 16.4. The van der Waals surface area contributed by atoms with Gasteiger partial charge in [0.15, 0.2) is 0 Å². The minimum Gasteiger partial charge on any atom is -0.385 e. The van der Waals surface area contributed by atoms with Gasteiger partial charge in [0, 0.05) is 12.2 Å². The molecule has 1 aliphatic rings. The lowest BCUT2D eigenvalue weighted by molar-refractivity contribution is 0.462. The van der Waals surface area contributed by atoms with Crippen LogP contribution in [0.15, 0.2) is 18.2 Å². The highest BCUT2D eigenvalue weighted by atomic mass is 14.9. The second-order valence-corrected chi connectivity index (χ2v) is 7.20. The summed E-state index contributed by atoms with van der Waals surface area (Å²) in [5.74, 6) is 0.787. The fourth-order valence-electron chi connectivity index (χ4n) is 3.53. The van der Waals surface area contributed by atoms with Crippen LogP contribution in [0.2, 0.25) is 0 Å². The van der Waals surface area contributed by atoms with Crippen LogP contribution < -0.4 is 10.6 Å². The third-order valence-corrected chi connectivity index (χ3v) is 4.89. The van der Waals surface area contributed by atoms with Gasteiger partial charge in [0.05, 0.1) is 0 Å². The first-order valence-corrected chi connectivity index (χ1v) is 8.58. The van der Waals surface area contributed by atoms with Gasteiger partial charge in [0.2, 0.25) is 0 Å². The molecule has 1 heterocycles. The van der Waals surface area contributed by atoms with Gasteiger partial charge >= 0.3 is 0 Å². The van der Waals surface area contributed by atoms with Gasteiger partial charge in [-0.15, -0.1) is 0 Å². The van der Waals surface area contributed by atoms with Gasteiger partial charge in [-0.3, -0.25) is 0 Å². The first-order valence-electron chi connectivity index (χ1n) is 8.58. The van der Waals surface area contributed by atoms with Crippen LogP contribution in [0.4, 0.5) is 5.69 Å². The number of benzene rings is 1. The maximum absolute atomic E-state index is 3.63. The lowest BCUT2D eigenvalue weighted by atomic mass is 9.78. The molecule has 2 heteroatoms. The summed E-state index contributed by atoms with van der Waals surface area (Å²) in [6, 6.07) is 7.08. The Morgan fingerprint density at radius 2 is 2.14 bits per heavy atom. The van der Waals surface area contributed by atoms with Crippen molar-refractivity contribution in [3.05, 3.63) is 29.3 Å². The average Bonchev–Trinajstić information content (AvgIpc) is 2.47. The topological polar surface area (TPSA) is 24.1 Å². The zero-order valence-electron chi connectivity index (χ0n) is 14.3. The molecule has 1 atom stereocenters. The second-order valence-electron chi connectivity index (χ2n) is 7.20. The number of rotatable bonds is 7. The highest BCUT2D eigenvalue weighted by Crippen LogP contribution is 2.34. The quantitative estimate of drug-likeness (QED) is 0.729. The zero-order chi connectivity index (χ0) is 15.3. The van der Waals surface area contributed by atoms with E-state index in [0.29, 0.717) is 5.41 Å². The number of fused-ring (bicyclic) bond motifs is 1. The summed E-state index contributed by atoms with van der Waals surface area (Å²) in [4.78, 5) is 0. The Bertz CT molecular complexity index is 451. The van der Waals surface area contributed by atoms with Gasteiger partial charge in [-0.2, -0.15) is 0 Å². The highest BCUT2D eigenvalue weighted by Gasteiger charge is 2.23. The van der Waals surface area contributed by atoms with Crippen LogP contribution >= 0.6 is 0 Å². The van der Waals surface area contributed by atoms with E-state index in [0.717, 1.165) is 19.0 Å². The van der Waals surface area contributed by atoms with Gasteiger partial charge in [-0.1, -0.05) is 39.3 Å². The van der Waals surface area contributed by atoms with E-state index in [4.69, 9.17) is 0 Å². The van der Waals surface area contributed by atoms with Crippen molar-refractivity contribution in [2.24, 2.45) is 5.92 Å². The maximum Gasteiger partial charge on any atom is 0.0373 e. The summed E-state index contributed by atoms with van der Waals surface area (Å²) in [6.07, 6.45) is 6.33. The standard InChI is InChI=1S/C19H32N2/c1-5-10-19(2,3)17-8-9-18-16(13-17)12-15(14-21-18)7-6-11-20-4/h8-9,13,15,20-21H,5-7,10-12,14H2,1-4H3. The van der Waals surface area contributed by atoms with Crippen molar-refractivity contribution in [2.45, 2.75) is 58.3 Å². The third-order valence-electron chi connectivity index (χ3n) is 4.89. The molecule has 1 unspecified atom stereocenters. The third kappa shape index (κ3) is 4.23. The molecule has 0 spiro atoms. The molecule has 1 aliphatic heterocycles. The average molecular weight is 288 g/mol. The maximum atomic E-state index is 3.63. The Balaban J connectivity index is 2.07. The van der Waals surface area contributed by atoms with E-state index in [2.05, 4.69) is 49.6 Å². The second kappa shape index (κ2) is 7.31. The van der Waals surface area contributed by atoms with E-state index >= 15 is 0 Å². The molecule has 0 amide bonds. The zero-order valence-corrected chi connectivity index (χ0v) is 14.3. The Morgan fingerprint density at radius 3 is 2.86 bits per heavy atom. The van der Waals surface area contributed by atoms with E-state index < -0.39 is 0 Å². The fraction of sp³-hybridized carbons (Fsp3) is 0.684. The van der Waals surface area contributed by atoms with Crippen LogP contribution in [0.25, 0.3) is 0 Å². The Morgan fingerprint density at radius 1 is 1.33 bits per heavy atom. The molecule has 2 N–H and O–H groups in total. The molecule has 21 heavy (non-hydrogen) atoms. The summed E-state index contributed by atoms with van der Waals surface area (Å²) >= 11 is 0. The van der Waals surface area contributed by atoms with E-state index in [-0.39, 0.29) is 0 Å². The minimum absolute atomic E-state index is 0.294. The van der Waals surface area contributed by atoms with E-state index in [1.54, 1.807) is 0 Å². The molecule has 0 aliphatic carbocycles. The minimum atomic E-state index is 0.294. The number of hydrogen-bond acceptors (Lipinski definition) is 2. The molecule has 1 aromatic rings. The van der Waals surface area contributed by atoms with Crippen LogP contribution in [-0.2, 0) is 11.8 Å². The highest BCUT2D eigenvalue weighted by molar-refractivity contribution is 5.55. The van der Waals surface area contributed by atoms with Crippen LogP contribution in [-0.4, -0.2) is 20.1 Å². The molecule has 0 radical (unpaired) electrons. The Hall–Kier alpha value is -1.02. The van der Waals surface area contributed by atoms with Crippen molar-refractivity contribution in [2.75, 3.05) is 25.5 Å². The summed E-state index contributed by atoms with van der Waals surface area (Å²) in [5.41, 5.74) is 4.68. The molecule has 2 nitrogen and oxygen atoms in total. The van der Waals surface area contributed by atoms with Crippen molar-refractivity contribution in [3.8, 4) is 0 Å². The molecule has 0 fully saturated rings. The van der Waals surface area contributed by atoms with Gasteiger partial charge in [0.1, 0.15) is 0 Å². The van der Waals surface area contributed by atoms with E-state index in [9.17, 15) is 0 Å². The van der Waals surface area contributed by atoms with Crippen molar-refractivity contribution < 1.29 is 0 Å². The molecule has 0 saturated carbocycles. The monoisotopic (exact) mass is 288 g/mol. The summed E-state index contributed by atoms with van der Waals surface area (Å²) in [5, 5.41) is 6.88. The normalized spacial score (nSPS) is 18.2. The molecule has 1 aromatic carbocycles. The Labute approximate surface area is 130 Å². The number of hydrogen-bond donors (Lipinski definition) is 2. The molecular formula is C19H32N2. The van der Waals surface area contributed by atoms with Gasteiger partial charge in [0.25, 0.3) is 0 Å². The lowest BCUT2D eigenvalue weighted by Gasteiger charge is -2.30. The summed E-state index contributed by atoms with van der Waals surface area (Å²) < 4.78 is 0. The SMILES string of the molecule is CCCC(C)(C)c1ccc2c(c1)CC(CCCNC)CN2. The fourth-order valence-corrected chi connectivity index (χ4v) is 3.53. The predicted octanol–water partition coefficient (Wildman–Crippen LogP) is 4.35. The molecule has 2 rings (SSSR count). The van der Waals surface area contributed by atoms with Crippen molar-refractivity contribution in [1.82, 2.24) is 5.32 Å². The van der Waals surface area contributed by atoms with E-state index in [1.807, 2.05) is 7.05 Å². The number of nitrogens with one attached hydrogen (secondary N) is 2. The van der Waals surface area contributed by atoms with Crippen molar-refractivity contribution >= 4 is 5.69 Å². The summed E-state index contributed by atoms with van der Waals surface area (Å²) in [7, 11) is 2.04. The van der Waals surface area contributed by atoms with Crippen LogP contribution in [0.3, 0.4) is 0 Å². The Kier molecular flexibility index (Phi) is 5.69. The van der Waals surface area contributed by atoms with Crippen LogP contribution in [0, 0.1) is 5.92 Å². The molecule has 0 saturated heterocycles. The molecule has 0 bridgehead atoms. The van der Waals surface area contributed by atoms with Crippen LogP contribution in [0.5, 0.6) is 0 Å². The lowest BCUT2D eigenvalue weighted by Crippen LogP contribution is -2.25. The molecular weight excluding hydrogens is 256 g/mol. The summed E-state index contributed by atoms with van der Waals surface area (Å²) in [6.45, 7) is 9.29. The largest absolute Gasteiger partial charge is 0.385 e. The van der Waals surface area contributed by atoms with Gasteiger partial charge in [-0.25, -0.2) is 0 Å². The molecule has 0 aromatic heterocycles. The smallest absolute Gasteiger partial charge is 0.0373 e.